The van der Waals surface area contributed by atoms with Crippen molar-refractivity contribution in [2.24, 2.45) is 0 Å². The van der Waals surface area contributed by atoms with Crippen LogP contribution in [0.2, 0.25) is 0 Å². The number of likely N-dealkylation sites (tertiary alicyclic amines) is 1. The number of halogens is 3. The van der Waals surface area contributed by atoms with Gasteiger partial charge in [-0.05, 0) is 35.2 Å². The van der Waals surface area contributed by atoms with Crippen LogP contribution >= 0.6 is 15.9 Å². The number of hydrogen-bond acceptors (Lipinski definition) is 4. The molecule has 0 aliphatic carbocycles. The summed E-state index contributed by atoms with van der Waals surface area (Å²) in [6.07, 6.45) is -0.724. The van der Waals surface area contributed by atoms with E-state index >= 15 is 0 Å². The molecule has 0 aromatic heterocycles. The Hall–Kier alpha value is -2.94. The van der Waals surface area contributed by atoms with E-state index in [4.69, 9.17) is 14.2 Å². The smallest absolute Gasteiger partial charge is 0.130 e. The molecule has 1 saturated heterocycles. The Kier molecular flexibility index (Phi) is 10.7. The van der Waals surface area contributed by atoms with Gasteiger partial charge in [-0.3, -0.25) is 4.90 Å². The highest BCUT2D eigenvalue weighted by Gasteiger charge is 2.39. The third-order valence-electron chi connectivity index (χ3n) is 7.29. The molecule has 1 aliphatic heterocycles. The first-order chi connectivity index (χ1) is 20.0. The van der Waals surface area contributed by atoms with Gasteiger partial charge in [-0.25, -0.2) is 8.78 Å². The van der Waals surface area contributed by atoms with E-state index in [0.29, 0.717) is 43.9 Å². The fraction of sp³-hybridized carbons (Fsp3) is 0.294. The van der Waals surface area contributed by atoms with Crippen LogP contribution in [0.1, 0.15) is 22.3 Å². The number of ether oxygens (including phenoxy) is 3. The molecule has 7 heteroatoms. The second-order valence-corrected chi connectivity index (χ2v) is 11.2. The molecule has 0 radical (unpaired) electrons. The summed E-state index contributed by atoms with van der Waals surface area (Å²) < 4.78 is 49.1. The molecular formula is C34H34BrF2NO3. The van der Waals surface area contributed by atoms with Crippen LogP contribution in [-0.4, -0.2) is 42.8 Å². The Morgan fingerprint density at radius 2 is 1.05 bits per heavy atom. The van der Waals surface area contributed by atoms with E-state index in [9.17, 15) is 8.78 Å². The van der Waals surface area contributed by atoms with Gasteiger partial charge in [0, 0.05) is 29.7 Å². The summed E-state index contributed by atoms with van der Waals surface area (Å²) in [6, 6.07) is 32.7. The normalized spacial score (nSPS) is 19.3. The summed E-state index contributed by atoms with van der Waals surface area (Å²) in [5.41, 5.74) is 3.28. The Balaban J connectivity index is 1.35. The quantitative estimate of drug-likeness (QED) is 0.166. The van der Waals surface area contributed by atoms with Gasteiger partial charge in [-0.2, -0.15) is 0 Å². The second kappa shape index (κ2) is 14.8. The summed E-state index contributed by atoms with van der Waals surface area (Å²) >= 11 is 3.16. The van der Waals surface area contributed by atoms with E-state index in [1.165, 1.54) is 12.1 Å². The molecule has 3 atom stereocenters. The van der Waals surface area contributed by atoms with E-state index in [0.717, 1.165) is 16.7 Å². The Bertz CT molecular complexity index is 1280. The molecule has 1 heterocycles. The molecule has 0 amide bonds. The summed E-state index contributed by atoms with van der Waals surface area (Å²) in [4.78, 5) is 2.16. The molecule has 0 bridgehead atoms. The fourth-order valence-corrected chi connectivity index (χ4v) is 5.53. The van der Waals surface area contributed by atoms with Gasteiger partial charge in [0.05, 0.1) is 32.0 Å². The average Bonchev–Trinajstić information content (AvgIpc) is 2.99. The van der Waals surface area contributed by atoms with Crippen LogP contribution in [0.5, 0.6) is 0 Å². The largest absolute Gasteiger partial charge is 0.369 e. The van der Waals surface area contributed by atoms with Crippen LogP contribution < -0.4 is 0 Å². The lowest BCUT2D eigenvalue weighted by Gasteiger charge is -2.43. The molecule has 0 N–H and O–H groups in total. The molecular weight excluding hydrogens is 588 g/mol. The lowest BCUT2D eigenvalue weighted by atomic mass is 9.99. The lowest BCUT2D eigenvalue weighted by Crippen LogP contribution is -2.58. The average molecular weight is 623 g/mol. The molecule has 214 valence electrons. The first-order valence-corrected chi connectivity index (χ1v) is 14.7. The van der Waals surface area contributed by atoms with Crippen LogP contribution in [0.3, 0.4) is 0 Å². The zero-order chi connectivity index (χ0) is 28.4. The monoisotopic (exact) mass is 621 g/mol. The van der Waals surface area contributed by atoms with Gasteiger partial charge in [0.25, 0.3) is 0 Å². The molecule has 0 spiro atoms. The maximum absolute atomic E-state index is 14.6. The second-order valence-electron chi connectivity index (χ2n) is 10.3. The van der Waals surface area contributed by atoms with Crippen LogP contribution in [0, 0.1) is 11.6 Å². The molecule has 4 aromatic carbocycles. The van der Waals surface area contributed by atoms with E-state index in [1.807, 2.05) is 91.0 Å². The van der Waals surface area contributed by atoms with Crippen molar-refractivity contribution >= 4 is 15.9 Å². The van der Waals surface area contributed by atoms with Gasteiger partial charge < -0.3 is 14.2 Å². The molecule has 0 saturated carbocycles. The van der Waals surface area contributed by atoms with Gasteiger partial charge in [-0.15, -0.1) is 0 Å². The zero-order valence-corrected chi connectivity index (χ0v) is 24.4. The van der Waals surface area contributed by atoms with Crippen molar-refractivity contribution in [2.45, 2.75) is 44.6 Å². The number of benzene rings is 4. The molecule has 41 heavy (non-hydrogen) atoms. The summed E-state index contributed by atoms with van der Waals surface area (Å²) in [6.45, 7) is 2.83. The minimum absolute atomic E-state index is 0.0826. The third kappa shape index (κ3) is 8.53. The fourth-order valence-electron chi connectivity index (χ4n) is 5.13. The number of hydrogen-bond donors (Lipinski definition) is 0. The van der Waals surface area contributed by atoms with Crippen molar-refractivity contribution in [3.05, 3.63) is 141 Å². The maximum Gasteiger partial charge on any atom is 0.130 e. The van der Waals surface area contributed by atoms with E-state index in [-0.39, 0.29) is 30.3 Å². The summed E-state index contributed by atoms with van der Waals surface area (Å²) in [5, 5.41) is 0. The van der Waals surface area contributed by atoms with Gasteiger partial charge >= 0.3 is 0 Å². The lowest BCUT2D eigenvalue weighted by molar-refractivity contribution is -0.184. The van der Waals surface area contributed by atoms with Crippen molar-refractivity contribution < 1.29 is 23.0 Å². The first kappa shape index (κ1) is 29.5. The van der Waals surface area contributed by atoms with Gasteiger partial charge in [-0.1, -0.05) is 107 Å². The molecule has 5 rings (SSSR count). The zero-order valence-electron chi connectivity index (χ0n) is 22.8. The Morgan fingerprint density at radius 3 is 1.49 bits per heavy atom. The van der Waals surface area contributed by atoms with Gasteiger partial charge in [0.15, 0.2) is 0 Å². The predicted molar refractivity (Wildman–Crippen MR) is 159 cm³/mol. The number of piperidine rings is 1. The van der Waals surface area contributed by atoms with Crippen molar-refractivity contribution in [3.63, 3.8) is 0 Å². The minimum Gasteiger partial charge on any atom is -0.369 e. The van der Waals surface area contributed by atoms with Crippen molar-refractivity contribution in [2.75, 3.05) is 19.6 Å². The van der Waals surface area contributed by atoms with Crippen LogP contribution in [0.15, 0.2) is 108 Å². The molecule has 1 unspecified atom stereocenters. The van der Waals surface area contributed by atoms with Crippen molar-refractivity contribution in [1.82, 2.24) is 4.90 Å². The molecule has 4 nitrogen and oxygen atoms in total. The highest BCUT2D eigenvalue weighted by molar-refractivity contribution is 9.10. The summed E-state index contributed by atoms with van der Waals surface area (Å²) in [5.74, 6) is -1.10. The van der Waals surface area contributed by atoms with Crippen LogP contribution in [0.25, 0.3) is 0 Å². The Morgan fingerprint density at radius 1 is 0.634 bits per heavy atom. The van der Waals surface area contributed by atoms with Gasteiger partial charge in [0.2, 0.25) is 0 Å². The highest BCUT2D eigenvalue weighted by Crippen LogP contribution is 2.26. The molecule has 1 fully saturated rings. The van der Waals surface area contributed by atoms with E-state index in [1.54, 1.807) is 0 Å². The van der Waals surface area contributed by atoms with Gasteiger partial charge in [0.1, 0.15) is 17.7 Å². The van der Waals surface area contributed by atoms with Crippen molar-refractivity contribution in [1.29, 1.82) is 0 Å². The summed E-state index contributed by atoms with van der Waals surface area (Å²) in [7, 11) is 0. The Labute approximate surface area is 249 Å². The third-order valence-corrected chi connectivity index (χ3v) is 7.75. The van der Waals surface area contributed by atoms with Crippen LogP contribution in [-0.2, 0) is 40.5 Å². The number of nitrogens with zero attached hydrogens (tertiary/aromatic N) is 1. The van der Waals surface area contributed by atoms with E-state index in [2.05, 4.69) is 20.8 Å². The number of rotatable bonds is 12. The van der Waals surface area contributed by atoms with Crippen molar-refractivity contribution in [3.8, 4) is 0 Å². The highest BCUT2D eigenvalue weighted by atomic mass is 79.9. The topological polar surface area (TPSA) is 30.9 Å². The SMILES string of the molecule is Fc1cc(Br)cc(F)c1CCN1C[C@H](OCc2ccccc2)C(OCc2ccccc2)[C@H](OCc2ccccc2)C1. The van der Waals surface area contributed by atoms with Crippen LogP contribution in [0.4, 0.5) is 8.78 Å². The molecule has 4 aromatic rings. The predicted octanol–water partition coefficient (Wildman–Crippen LogP) is 7.34. The minimum atomic E-state index is -0.549. The standard InChI is InChI=1S/C34H34BrF2NO3/c35-28-18-30(36)29(31(37)19-28)16-17-38-20-32(39-22-25-10-4-1-5-11-25)34(41-24-27-14-8-3-9-15-27)33(21-38)40-23-26-12-6-2-7-13-26/h1-15,18-19,32-34H,16-17,20-24H2/t32-,33+,34?. The first-order valence-electron chi connectivity index (χ1n) is 13.9. The maximum atomic E-state index is 14.6. The van der Waals surface area contributed by atoms with E-state index < -0.39 is 11.6 Å². The molecule has 1 aliphatic rings.